The largest absolute Gasteiger partial charge is 0.508 e. The number of alkyl halides is 3. The zero-order chi connectivity index (χ0) is 14.0. The highest BCUT2D eigenvalue weighted by atomic mass is 19.4. The van der Waals surface area contributed by atoms with Crippen molar-refractivity contribution in [1.29, 1.82) is 0 Å². The lowest BCUT2D eigenvalue weighted by Crippen LogP contribution is -2.44. The molecule has 3 nitrogen and oxygen atoms in total. The molecule has 1 saturated heterocycles. The molecule has 1 amide bonds. The molecule has 6 heteroatoms. The van der Waals surface area contributed by atoms with Gasteiger partial charge < -0.3 is 10.0 Å². The number of piperidine rings is 1. The van der Waals surface area contributed by atoms with Crippen LogP contribution < -0.4 is 0 Å². The van der Waals surface area contributed by atoms with Crippen LogP contribution in [0.3, 0.4) is 0 Å². The summed E-state index contributed by atoms with van der Waals surface area (Å²) < 4.78 is 38.0. The molecule has 0 bridgehead atoms. The van der Waals surface area contributed by atoms with Crippen LogP contribution in [0.15, 0.2) is 24.3 Å². The molecule has 19 heavy (non-hydrogen) atoms. The predicted molar refractivity (Wildman–Crippen MR) is 62.8 cm³/mol. The van der Waals surface area contributed by atoms with E-state index in [1.54, 1.807) is 0 Å². The SMILES string of the molecule is O=C(c1ccc(O)cc1)N1CCCC(C(F)(F)F)C1. The maximum absolute atomic E-state index is 12.7. The molecule has 1 aliphatic heterocycles. The molecule has 1 atom stereocenters. The van der Waals surface area contributed by atoms with Gasteiger partial charge in [-0.2, -0.15) is 13.2 Å². The van der Waals surface area contributed by atoms with Crippen molar-refractivity contribution in [2.45, 2.75) is 19.0 Å². The summed E-state index contributed by atoms with van der Waals surface area (Å²) in [5.74, 6) is -1.85. The van der Waals surface area contributed by atoms with Crippen LogP contribution in [0.25, 0.3) is 0 Å². The highest BCUT2D eigenvalue weighted by Crippen LogP contribution is 2.33. The number of hydrogen-bond donors (Lipinski definition) is 1. The average molecular weight is 273 g/mol. The topological polar surface area (TPSA) is 40.5 Å². The standard InChI is InChI=1S/C13H14F3NO2/c14-13(15,16)10-2-1-7-17(8-10)12(19)9-3-5-11(18)6-4-9/h3-6,10,18H,1-2,7-8H2. The molecule has 1 aromatic carbocycles. The minimum atomic E-state index is -4.26. The Morgan fingerprint density at radius 2 is 1.89 bits per heavy atom. The molecule has 1 fully saturated rings. The van der Waals surface area contributed by atoms with Gasteiger partial charge in [0.15, 0.2) is 0 Å². The number of carbonyl (C=O) groups is 1. The van der Waals surface area contributed by atoms with Crippen LogP contribution in [0.2, 0.25) is 0 Å². The zero-order valence-corrected chi connectivity index (χ0v) is 10.2. The van der Waals surface area contributed by atoms with Gasteiger partial charge in [-0.1, -0.05) is 0 Å². The van der Waals surface area contributed by atoms with Gasteiger partial charge in [0.05, 0.1) is 5.92 Å². The average Bonchev–Trinajstić information content (AvgIpc) is 2.38. The summed E-state index contributed by atoms with van der Waals surface area (Å²) in [6.45, 7) is 0.0511. The van der Waals surface area contributed by atoms with E-state index in [0.29, 0.717) is 18.5 Å². The van der Waals surface area contributed by atoms with E-state index in [0.717, 1.165) is 0 Å². The van der Waals surface area contributed by atoms with Gasteiger partial charge in [-0.15, -0.1) is 0 Å². The Bertz CT molecular complexity index is 456. The summed E-state index contributed by atoms with van der Waals surface area (Å²) in [6, 6.07) is 5.51. The van der Waals surface area contributed by atoms with E-state index in [1.807, 2.05) is 0 Å². The maximum atomic E-state index is 12.7. The first-order valence-electron chi connectivity index (χ1n) is 6.03. The Hall–Kier alpha value is -1.72. The molecule has 1 aliphatic rings. The van der Waals surface area contributed by atoms with Crippen LogP contribution in [0, 0.1) is 5.92 Å². The summed E-state index contributed by atoms with van der Waals surface area (Å²) in [6.07, 6.45) is -3.83. The molecule has 2 rings (SSSR count). The summed E-state index contributed by atoms with van der Waals surface area (Å²) in [7, 11) is 0. The number of hydrogen-bond acceptors (Lipinski definition) is 2. The van der Waals surface area contributed by atoms with Crippen molar-refractivity contribution in [2.75, 3.05) is 13.1 Å². The van der Waals surface area contributed by atoms with Crippen LogP contribution in [0.4, 0.5) is 13.2 Å². The number of aromatic hydroxyl groups is 1. The fourth-order valence-electron chi connectivity index (χ4n) is 2.22. The predicted octanol–water partition coefficient (Wildman–Crippen LogP) is 2.81. The molecule has 0 radical (unpaired) electrons. The Labute approximate surface area is 108 Å². The third kappa shape index (κ3) is 3.19. The molecule has 1 aromatic rings. The van der Waals surface area contributed by atoms with E-state index in [1.165, 1.54) is 29.2 Å². The minimum absolute atomic E-state index is 0.0170. The second-order valence-corrected chi connectivity index (χ2v) is 4.68. The Morgan fingerprint density at radius 3 is 2.47 bits per heavy atom. The van der Waals surface area contributed by atoms with Gasteiger partial charge in [-0.3, -0.25) is 4.79 Å². The van der Waals surface area contributed by atoms with Crippen molar-refractivity contribution < 1.29 is 23.1 Å². The number of phenolic OH excluding ortho intramolecular Hbond substituents is 1. The van der Waals surface area contributed by atoms with Gasteiger partial charge in [0.2, 0.25) is 0 Å². The quantitative estimate of drug-likeness (QED) is 0.854. The molecular weight excluding hydrogens is 259 g/mol. The van der Waals surface area contributed by atoms with E-state index in [9.17, 15) is 18.0 Å². The third-order valence-electron chi connectivity index (χ3n) is 3.29. The summed E-state index contributed by atoms with van der Waals surface area (Å²) >= 11 is 0. The lowest BCUT2D eigenvalue weighted by Gasteiger charge is -2.33. The Morgan fingerprint density at radius 1 is 1.26 bits per heavy atom. The normalized spacial score (nSPS) is 20.4. The van der Waals surface area contributed by atoms with Gasteiger partial charge in [-0.25, -0.2) is 0 Å². The number of carbonyl (C=O) groups excluding carboxylic acids is 1. The van der Waals surface area contributed by atoms with Gasteiger partial charge in [0.1, 0.15) is 5.75 Å². The van der Waals surface area contributed by atoms with Crippen molar-refractivity contribution in [3.05, 3.63) is 29.8 Å². The first-order valence-corrected chi connectivity index (χ1v) is 6.03. The third-order valence-corrected chi connectivity index (χ3v) is 3.29. The molecule has 0 saturated carbocycles. The summed E-state index contributed by atoms with van der Waals surface area (Å²) in [5.41, 5.74) is 0.292. The number of likely N-dealkylation sites (tertiary alicyclic amines) is 1. The van der Waals surface area contributed by atoms with Crippen molar-refractivity contribution in [2.24, 2.45) is 5.92 Å². The summed E-state index contributed by atoms with van der Waals surface area (Å²) in [5, 5.41) is 9.12. The molecular formula is C13H14F3NO2. The van der Waals surface area contributed by atoms with Crippen LogP contribution in [-0.4, -0.2) is 35.2 Å². The van der Waals surface area contributed by atoms with Crippen molar-refractivity contribution in [1.82, 2.24) is 4.90 Å². The van der Waals surface area contributed by atoms with Gasteiger partial charge in [-0.05, 0) is 37.1 Å². The van der Waals surface area contributed by atoms with Crippen molar-refractivity contribution in [3.8, 4) is 5.75 Å². The highest BCUT2D eigenvalue weighted by molar-refractivity contribution is 5.94. The molecule has 104 valence electrons. The lowest BCUT2D eigenvalue weighted by molar-refractivity contribution is -0.184. The van der Waals surface area contributed by atoms with E-state index >= 15 is 0 Å². The molecule has 1 unspecified atom stereocenters. The van der Waals surface area contributed by atoms with Gasteiger partial charge >= 0.3 is 6.18 Å². The van der Waals surface area contributed by atoms with Gasteiger partial charge in [0, 0.05) is 18.7 Å². The second-order valence-electron chi connectivity index (χ2n) is 4.68. The lowest BCUT2D eigenvalue weighted by atomic mass is 9.97. The number of amides is 1. The van der Waals surface area contributed by atoms with Crippen LogP contribution in [-0.2, 0) is 0 Å². The zero-order valence-electron chi connectivity index (χ0n) is 10.2. The first kappa shape index (κ1) is 13.7. The van der Waals surface area contributed by atoms with E-state index in [2.05, 4.69) is 0 Å². The maximum Gasteiger partial charge on any atom is 0.393 e. The molecule has 0 aromatic heterocycles. The number of phenols is 1. The van der Waals surface area contributed by atoms with E-state index < -0.39 is 18.0 Å². The van der Waals surface area contributed by atoms with Crippen molar-refractivity contribution >= 4 is 5.91 Å². The number of nitrogens with zero attached hydrogens (tertiary/aromatic N) is 1. The molecule has 0 spiro atoms. The Balaban J connectivity index is 2.09. The van der Waals surface area contributed by atoms with Crippen LogP contribution in [0.1, 0.15) is 23.2 Å². The van der Waals surface area contributed by atoms with E-state index in [-0.39, 0.29) is 18.7 Å². The van der Waals surface area contributed by atoms with Gasteiger partial charge in [0.25, 0.3) is 5.91 Å². The second kappa shape index (κ2) is 5.11. The first-order chi connectivity index (χ1) is 8.88. The fourth-order valence-corrected chi connectivity index (χ4v) is 2.22. The highest BCUT2D eigenvalue weighted by Gasteiger charge is 2.42. The number of benzene rings is 1. The Kier molecular flexibility index (Phi) is 3.68. The summed E-state index contributed by atoms with van der Waals surface area (Å²) in [4.78, 5) is 13.3. The number of halogens is 3. The van der Waals surface area contributed by atoms with E-state index in [4.69, 9.17) is 5.11 Å². The number of rotatable bonds is 1. The van der Waals surface area contributed by atoms with Crippen LogP contribution >= 0.6 is 0 Å². The molecule has 1 N–H and O–H groups in total. The smallest absolute Gasteiger partial charge is 0.393 e. The fraction of sp³-hybridized carbons (Fsp3) is 0.462. The molecule has 1 heterocycles. The van der Waals surface area contributed by atoms with Crippen LogP contribution in [0.5, 0.6) is 5.75 Å². The minimum Gasteiger partial charge on any atom is -0.508 e. The van der Waals surface area contributed by atoms with Crippen molar-refractivity contribution in [3.63, 3.8) is 0 Å². The molecule has 0 aliphatic carbocycles. The monoisotopic (exact) mass is 273 g/mol.